The fourth-order valence-electron chi connectivity index (χ4n) is 4.02. The predicted molar refractivity (Wildman–Crippen MR) is 101 cm³/mol. The van der Waals surface area contributed by atoms with E-state index in [0.717, 1.165) is 45.5 Å². The first-order valence-corrected chi connectivity index (χ1v) is 9.83. The Morgan fingerprint density at radius 3 is 2.68 bits per heavy atom. The molecule has 0 aromatic heterocycles. The number of nitrogens with one attached hydrogen (secondary N) is 1. The zero-order valence-corrected chi connectivity index (χ0v) is 16.0. The number of amides is 1. The van der Waals surface area contributed by atoms with Crippen LogP contribution in [-0.4, -0.2) is 49.2 Å². The van der Waals surface area contributed by atoms with Crippen LogP contribution in [0.25, 0.3) is 0 Å². The zero-order valence-electron chi connectivity index (χ0n) is 15.2. The van der Waals surface area contributed by atoms with E-state index in [0.29, 0.717) is 34.6 Å². The lowest BCUT2D eigenvalue weighted by Gasteiger charge is -2.34. The molecule has 2 aliphatic rings. The summed E-state index contributed by atoms with van der Waals surface area (Å²) in [5.41, 5.74) is 0.610. The van der Waals surface area contributed by atoms with Crippen molar-refractivity contribution in [3.63, 3.8) is 0 Å². The molecule has 4 nitrogen and oxygen atoms in total. The Morgan fingerprint density at radius 2 is 2.00 bits per heavy atom. The summed E-state index contributed by atoms with van der Waals surface area (Å²) in [5, 5.41) is 4.25. The van der Waals surface area contributed by atoms with Crippen molar-refractivity contribution in [2.45, 2.75) is 45.3 Å². The summed E-state index contributed by atoms with van der Waals surface area (Å²) in [7, 11) is 0. The van der Waals surface area contributed by atoms with Gasteiger partial charge in [0.15, 0.2) is 0 Å². The van der Waals surface area contributed by atoms with E-state index >= 15 is 0 Å². The van der Waals surface area contributed by atoms with Crippen LogP contribution in [0.3, 0.4) is 0 Å². The van der Waals surface area contributed by atoms with Gasteiger partial charge in [0, 0.05) is 32.3 Å². The molecule has 2 saturated heterocycles. The zero-order chi connectivity index (χ0) is 17.8. The highest BCUT2D eigenvalue weighted by atomic mass is 35.5. The van der Waals surface area contributed by atoms with Crippen LogP contribution >= 0.6 is 11.6 Å². The van der Waals surface area contributed by atoms with Crippen molar-refractivity contribution < 1.29 is 9.53 Å². The van der Waals surface area contributed by atoms with Gasteiger partial charge in [-0.3, -0.25) is 4.79 Å². The van der Waals surface area contributed by atoms with E-state index in [1.54, 1.807) is 12.1 Å². The normalized spacial score (nSPS) is 24.9. The average Bonchev–Trinajstić information content (AvgIpc) is 3.09. The van der Waals surface area contributed by atoms with Gasteiger partial charge in [-0.25, -0.2) is 0 Å². The highest BCUT2D eigenvalue weighted by Gasteiger charge is 2.31. The summed E-state index contributed by atoms with van der Waals surface area (Å²) in [6.45, 7) is 7.96. The van der Waals surface area contributed by atoms with Crippen LogP contribution < -0.4 is 5.32 Å². The molecule has 1 N–H and O–H groups in total. The quantitative estimate of drug-likeness (QED) is 0.868. The minimum atomic E-state index is 0.0492. The summed E-state index contributed by atoms with van der Waals surface area (Å²) in [5.74, 6) is 1.24. The van der Waals surface area contributed by atoms with Crippen LogP contribution in [0, 0.1) is 11.8 Å². The number of hydrogen-bond acceptors (Lipinski definition) is 3. The Balaban J connectivity index is 1.46. The minimum absolute atomic E-state index is 0.0492. The minimum Gasteiger partial charge on any atom is -0.378 e. The Hall–Kier alpha value is -1.10. The number of rotatable bonds is 5. The molecule has 0 aliphatic carbocycles. The summed E-state index contributed by atoms with van der Waals surface area (Å²) in [6.07, 6.45) is 3.53. The number of hydrogen-bond donors (Lipinski definition) is 1. The Morgan fingerprint density at radius 1 is 1.28 bits per heavy atom. The third kappa shape index (κ3) is 4.55. The molecule has 0 radical (unpaired) electrons. The molecule has 3 rings (SSSR count). The second-order valence-electron chi connectivity index (χ2n) is 7.58. The molecular formula is C20H29ClN2O2. The van der Waals surface area contributed by atoms with Gasteiger partial charge < -0.3 is 15.0 Å². The van der Waals surface area contributed by atoms with Gasteiger partial charge in [0.05, 0.1) is 16.7 Å². The van der Waals surface area contributed by atoms with E-state index in [1.165, 1.54) is 0 Å². The average molecular weight is 365 g/mol. The topological polar surface area (TPSA) is 41.6 Å². The lowest BCUT2D eigenvalue weighted by atomic mass is 9.92. The standard InChI is InChI=1S/C20H29ClN2O2/c1-14(2)19-15(9-12-25-19)13-22-16-7-10-23(11-8-16)20(24)17-5-3-4-6-18(17)21/h3-6,14-16,19,22H,7-13H2,1-2H3/t15-,19-/m1/s1. The van der Waals surface area contributed by atoms with Gasteiger partial charge in [0.1, 0.15) is 0 Å². The molecule has 1 amide bonds. The molecule has 138 valence electrons. The molecule has 2 aliphatic heterocycles. The molecule has 2 atom stereocenters. The SMILES string of the molecule is CC(C)[C@H]1OCC[C@@H]1CNC1CCN(C(=O)c2ccccc2Cl)CC1. The molecule has 5 heteroatoms. The van der Waals surface area contributed by atoms with Crippen LogP contribution in [0.15, 0.2) is 24.3 Å². The second kappa shape index (κ2) is 8.52. The van der Waals surface area contributed by atoms with Crippen molar-refractivity contribution in [2.75, 3.05) is 26.2 Å². The fourth-order valence-corrected chi connectivity index (χ4v) is 4.24. The molecule has 1 aromatic rings. The van der Waals surface area contributed by atoms with Gasteiger partial charge >= 0.3 is 0 Å². The van der Waals surface area contributed by atoms with Crippen LogP contribution in [-0.2, 0) is 4.74 Å². The molecule has 0 spiro atoms. The summed E-state index contributed by atoms with van der Waals surface area (Å²) in [4.78, 5) is 14.5. The van der Waals surface area contributed by atoms with E-state index in [1.807, 2.05) is 17.0 Å². The predicted octanol–water partition coefficient (Wildman–Crippen LogP) is 3.60. The van der Waals surface area contributed by atoms with Gasteiger partial charge in [-0.2, -0.15) is 0 Å². The molecule has 25 heavy (non-hydrogen) atoms. The van der Waals surface area contributed by atoms with Crippen LogP contribution in [0.5, 0.6) is 0 Å². The first-order chi connectivity index (χ1) is 12.1. The number of nitrogens with zero attached hydrogens (tertiary/aromatic N) is 1. The number of halogens is 1. The summed E-state index contributed by atoms with van der Waals surface area (Å²) < 4.78 is 5.87. The highest BCUT2D eigenvalue weighted by molar-refractivity contribution is 6.33. The number of carbonyl (C=O) groups is 1. The smallest absolute Gasteiger partial charge is 0.255 e. The highest BCUT2D eigenvalue weighted by Crippen LogP contribution is 2.27. The van der Waals surface area contributed by atoms with Crippen LogP contribution in [0.1, 0.15) is 43.5 Å². The maximum atomic E-state index is 12.6. The van der Waals surface area contributed by atoms with Crippen molar-refractivity contribution in [1.29, 1.82) is 0 Å². The molecule has 2 heterocycles. The number of benzene rings is 1. The molecule has 0 saturated carbocycles. The van der Waals surface area contributed by atoms with E-state index in [9.17, 15) is 4.79 Å². The monoisotopic (exact) mass is 364 g/mol. The Bertz CT molecular complexity index is 585. The van der Waals surface area contributed by atoms with Crippen molar-refractivity contribution in [3.8, 4) is 0 Å². The maximum absolute atomic E-state index is 12.6. The molecule has 2 fully saturated rings. The van der Waals surface area contributed by atoms with E-state index < -0.39 is 0 Å². The Kier molecular flexibility index (Phi) is 6.37. The van der Waals surface area contributed by atoms with Crippen molar-refractivity contribution in [2.24, 2.45) is 11.8 Å². The second-order valence-corrected chi connectivity index (χ2v) is 7.99. The fraction of sp³-hybridized carbons (Fsp3) is 0.650. The number of ether oxygens (including phenoxy) is 1. The van der Waals surface area contributed by atoms with Gasteiger partial charge in [0.25, 0.3) is 5.91 Å². The molecule has 1 aromatic carbocycles. The summed E-state index contributed by atoms with van der Waals surface area (Å²) in [6, 6.07) is 7.79. The van der Waals surface area contributed by atoms with Gasteiger partial charge in [-0.05, 0) is 43.2 Å². The Labute approximate surface area is 155 Å². The van der Waals surface area contributed by atoms with Crippen LogP contribution in [0.4, 0.5) is 0 Å². The third-order valence-electron chi connectivity index (χ3n) is 5.48. The molecule has 0 unspecified atom stereocenters. The maximum Gasteiger partial charge on any atom is 0.255 e. The van der Waals surface area contributed by atoms with Gasteiger partial charge in [-0.1, -0.05) is 37.6 Å². The number of carbonyl (C=O) groups excluding carboxylic acids is 1. The van der Waals surface area contributed by atoms with E-state index in [2.05, 4.69) is 19.2 Å². The van der Waals surface area contributed by atoms with Crippen LogP contribution in [0.2, 0.25) is 5.02 Å². The van der Waals surface area contributed by atoms with Crippen molar-refractivity contribution >= 4 is 17.5 Å². The molecule has 0 bridgehead atoms. The molecular weight excluding hydrogens is 336 g/mol. The van der Waals surface area contributed by atoms with Crippen molar-refractivity contribution in [1.82, 2.24) is 10.2 Å². The lowest BCUT2D eigenvalue weighted by Crippen LogP contribution is -2.46. The lowest BCUT2D eigenvalue weighted by molar-refractivity contribution is 0.0522. The first kappa shape index (κ1) is 18.7. The summed E-state index contributed by atoms with van der Waals surface area (Å²) >= 11 is 6.16. The number of piperidine rings is 1. The van der Waals surface area contributed by atoms with Crippen molar-refractivity contribution in [3.05, 3.63) is 34.9 Å². The van der Waals surface area contributed by atoms with E-state index in [4.69, 9.17) is 16.3 Å². The van der Waals surface area contributed by atoms with Gasteiger partial charge in [-0.15, -0.1) is 0 Å². The van der Waals surface area contributed by atoms with E-state index in [-0.39, 0.29) is 5.91 Å². The number of likely N-dealkylation sites (tertiary alicyclic amines) is 1. The van der Waals surface area contributed by atoms with Gasteiger partial charge in [0.2, 0.25) is 0 Å². The third-order valence-corrected chi connectivity index (χ3v) is 5.81. The first-order valence-electron chi connectivity index (χ1n) is 9.45. The largest absolute Gasteiger partial charge is 0.378 e.